The summed E-state index contributed by atoms with van der Waals surface area (Å²) < 4.78 is 0. The number of hydrogen-bond donors (Lipinski definition) is 2. The van der Waals surface area contributed by atoms with Gasteiger partial charge in [-0.15, -0.1) is 0 Å². The zero-order valence-electron chi connectivity index (χ0n) is 12.9. The first-order chi connectivity index (χ1) is 9.70. The molecule has 0 aromatic carbocycles. The van der Waals surface area contributed by atoms with Gasteiger partial charge in [0.2, 0.25) is 5.91 Å². The lowest BCUT2D eigenvalue weighted by Gasteiger charge is -2.28. The largest absolute Gasteiger partial charge is 0.393 e. The number of rotatable bonds is 6. The van der Waals surface area contributed by atoms with Crippen molar-refractivity contribution >= 4 is 5.91 Å². The molecule has 2 unspecified atom stereocenters. The maximum Gasteiger partial charge on any atom is 0.223 e. The minimum atomic E-state index is -0.194. The van der Waals surface area contributed by atoms with Crippen LogP contribution in [0.5, 0.6) is 0 Å². The Balaban J connectivity index is 1.64. The zero-order valence-corrected chi connectivity index (χ0v) is 12.9. The molecular weight excluding hydrogens is 250 g/mol. The highest BCUT2D eigenvalue weighted by atomic mass is 16.3. The van der Waals surface area contributed by atoms with Crippen molar-refractivity contribution < 1.29 is 9.90 Å². The van der Waals surface area contributed by atoms with Gasteiger partial charge in [0.05, 0.1) is 6.10 Å². The van der Waals surface area contributed by atoms with Crippen molar-refractivity contribution in [3.05, 3.63) is 0 Å². The van der Waals surface area contributed by atoms with Gasteiger partial charge in [0.1, 0.15) is 0 Å². The Kier molecular flexibility index (Phi) is 6.34. The van der Waals surface area contributed by atoms with Crippen LogP contribution in [0.1, 0.15) is 71.1 Å². The molecule has 2 rings (SSSR count). The van der Waals surface area contributed by atoms with Crippen LogP contribution in [0.25, 0.3) is 0 Å². The molecule has 0 aromatic rings. The third-order valence-corrected chi connectivity index (χ3v) is 5.34. The van der Waals surface area contributed by atoms with Crippen molar-refractivity contribution in [2.75, 3.05) is 6.54 Å². The monoisotopic (exact) mass is 281 g/mol. The van der Waals surface area contributed by atoms with Crippen LogP contribution in [0.2, 0.25) is 0 Å². The molecule has 0 spiro atoms. The summed E-state index contributed by atoms with van der Waals surface area (Å²) in [6, 6.07) is 0. The number of aliphatic hydroxyl groups is 1. The fraction of sp³-hybridized carbons (Fsp3) is 0.941. The van der Waals surface area contributed by atoms with E-state index in [4.69, 9.17) is 0 Å². The topological polar surface area (TPSA) is 49.3 Å². The summed E-state index contributed by atoms with van der Waals surface area (Å²) in [4.78, 5) is 12.2. The first-order valence-electron chi connectivity index (χ1n) is 8.66. The van der Waals surface area contributed by atoms with Crippen molar-refractivity contribution in [3.8, 4) is 0 Å². The van der Waals surface area contributed by atoms with Crippen LogP contribution in [0.4, 0.5) is 0 Å². The Morgan fingerprint density at radius 3 is 2.50 bits per heavy atom. The number of hydrogen-bond acceptors (Lipinski definition) is 2. The Morgan fingerprint density at radius 2 is 1.90 bits per heavy atom. The number of carbonyl (C=O) groups is 1. The lowest BCUT2D eigenvalue weighted by Crippen LogP contribution is -2.37. The molecule has 3 heteroatoms. The molecule has 0 heterocycles. The molecule has 2 N–H and O–H groups in total. The fourth-order valence-corrected chi connectivity index (χ4v) is 3.84. The zero-order chi connectivity index (χ0) is 14.4. The van der Waals surface area contributed by atoms with Crippen molar-refractivity contribution in [2.45, 2.75) is 77.2 Å². The molecule has 2 saturated carbocycles. The van der Waals surface area contributed by atoms with E-state index in [1.54, 1.807) is 0 Å². The number of unbranched alkanes of at least 4 members (excludes halogenated alkanes) is 1. The Morgan fingerprint density at radius 1 is 1.15 bits per heavy atom. The lowest BCUT2D eigenvalue weighted by molar-refractivity contribution is -0.126. The van der Waals surface area contributed by atoms with Crippen LogP contribution in [-0.4, -0.2) is 23.7 Å². The number of amides is 1. The molecule has 0 aromatic heterocycles. The quantitative estimate of drug-likeness (QED) is 0.785. The van der Waals surface area contributed by atoms with Gasteiger partial charge in [-0.25, -0.2) is 0 Å². The van der Waals surface area contributed by atoms with Crippen LogP contribution in [-0.2, 0) is 4.79 Å². The molecule has 3 nitrogen and oxygen atoms in total. The van der Waals surface area contributed by atoms with E-state index in [2.05, 4.69) is 12.2 Å². The SMILES string of the molecule is CCCCC1CCC(C(=O)NCC2CCCC2O)CC1. The molecule has 0 bridgehead atoms. The van der Waals surface area contributed by atoms with Crippen LogP contribution in [0.15, 0.2) is 0 Å². The van der Waals surface area contributed by atoms with Gasteiger partial charge in [-0.3, -0.25) is 4.79 Å². The van der Waals surface area contributed by atoms with Crippen molar-refractivity contribution in [2.24, 2.45) is 17.8 Å². The van der Waals surface area contributed by atoms with Gasteiger partial charge in [-0.1, -0.05) is 32.6 Å². The highest BCUT2D eigenvalue weighted by molar-refractivity contribution is 5.78. The van der Waals surface area contributed by atoms with E-state index in [-0.39, 0.29) is 17.9 Å². The van der Waals surface area contributed by atoms with E-state index in [0.29, 0.717) is 12.5 Å². The predicted molar refractivity (Wildman–Crippen MR) is 81.3 cm³/mol. The summed E-state index contributed by atoms with van der Waals surface area (Å²) in [5.74, 6) is 1.61. The molecular formula is C17H31NO2. The minimum absolute atomic E-state index is 0.194. The number of aliphatic hydroxyl groups excluding tert-OH is 1. The first kappa shape index (κ1) is 15.8. The van der Waals surface area contributed by atoms with Crippen molar-refractivity contribution in [3.63, 3.8) is 0 Å². The van der Waals surface area contributed by atoms with E-state index < -0.39 is 0 Å². The van der Waals surface area contributed by atoms with Gasteiger partial charge in [0, 0.05) is 18.4 Å². The molecule has 20 heavy (non-hydrogen) atoms. The highest BCUT2D eigenvalue weighted by Gasteiger charge is 2.28. The molecule has 0 aliphatic heterocycles. The number of nitrogens with one attached hydrogen (secondary N) is 1. The third-order valence-electron chi connectivity index (χ3n) is 5.34. The molecule has 1 amide bonds. The smallest absolute Gasteiger partial charge is 0.223 e. The summed E-state index contributed by atoms with van der Waals surface area (Å²) >= 11 is 0. The van der Waals surface area contributed by atoms with Gasteiger partial charge in [0.25, 0.3) is 0 Å². The average molecular weight is 281 g/mol. The summed E-state index contributed by atoms with van der Waals surface area (Å²) in [6.45, 7) is 2.92. The Bertz CT molecular complexity index is 297. The normalized spacial score (nSPS) is 34.1. The van der Waals surface area contributed by atoms with Gasteiger partial charge >= 0.3 is 0 Å². The van der Waals surface area contributed by atoms with Crippen molar-refractivity contribution in [1.82, 2.24) is 5.32 Å². The molecule has 116 valence electrons. The van der Waals surface area contributed by atoms with Gasteiger partial charge in [0.15, 0.2) is 0 Å². The average Bonchev–Trinajstić information content (AvgIpc) is 2.88. The fourth-order valence-electron chi connectivity index (χ4n) is 3.84. The van der Waals surface area contributed by atoms with E-state index in [0.717, 1.165) is 38.0 Å². The second-order valence-electron chi connectivity index (χ2n) is 6.86. The Labute approximate surface area is 123 Å². The summed E-state index contributed by atoms with van der Waals surface area (Å²) in [5, 5.41) is 12.9. The van der Waals surface area contributed by atoms with Crippen LogP contribution >= 0.6 is 0 Å². The van der Waals surface area contributed by atoms with Crippen molar-refractivity contribution in [1.29, 1.82) is 0 Å². The molecule has 2 aliphatic rings. The summed E-state index contributed by atoms with van der Waals surface area (Å²) in [5.41, 5.74) is 0. The van der Waals surface area contributed by atoms with Gasteiger partial charge in [-0.2, -0.15) is 0 Å². The lowest BCUT2D eigenvalue weighted by atomic mass is 9.79. The summed E-state index contributed by atoms with van der Waals surface area (Å²) in [7, 11) is 0. The maximum absolute atomic E-state index is 12.2. The molecule has 0 saturated heterocycles. The molecule has 2 fully saturated rings. The van der Waals surface area contributed by atoms with Gasteiger partial charge < -0.3 is 10.4 Å². The van der Waals surface area contributed by atoms with Gasteiger partial charge in [-0.05, 0) is 44.4 Å². The van der Waals surface area contributed by atoms with E-state index in [1.807, 2.05) is 0 Å². The van der Waals surface area contributed by atoms with E-state index in [9.17, 15) is 9.90 Å². The third kappa shape index (κ3) is 4.47. The second kappa shape index (κ2) is 8.02. The minimum Gasteiger partial charge on any atom is -0.393 e. The standard InChI is InChI=1S/C17H31NO2/c1-2-3-5-13-8-10-14(11-9-13)17(20)18-12-15-6-4-7-16(15)19/h13-16,19H,2-12H2,1H3,(H,18,20). The van der Waals surface area contributed by atoms with E-state index in [1.165, 1.54) is 32.1 Å². The van der Waals surface area contributed by atoms with Crippen LogP contribution in [0.3, 0.4) is 0 Å². The molecule has 0 radical (unpaired) electrons. The Hall–Kier alpha value is -0.570. The van der Waals surface area contributed by atoms with Crippen LogP contribution < -0.4 is 5.32 Å². The van der Waals surface area contributed by atoms with Crippen LogP contribution in [0, 0.1) is 17.8 Å². The molecule has 2 atom stereocenters. The first-order valence-corrected chi connectivity index (χ1v) is 8.66. The highest BCUT2D eigenvalue weighted by Crippen LogP contribution is 2.32. The summed E-state index contributed by atoms with van der Waals surface area (Å²) in [6.07, 6.45) is 11.4. The number of carbonyl (C=O) groups excluding carboxylic acids is 1. The maximum atomic E-state index is 12.2. The molecule has 2 aliphatic carbocycles. The predicted octanol–water partition coefficient (Wildman–Crippen LogP) is 3.26. The van der Waals surface area contributed by atoms with E-state index >= 15 is 0 Å². The second-order valence-corrected chi connectivity index (χ2v) is 6.86.